The molecular weight excluding hydrogens is 680 g/mol. The Labute approximate surface area is 292 Å². The Balaban J connectivity index is 1.72. The standard InChI is InChI=1S/C35H39BF5N3O7/c1-19-14-25(49-6)26(22-10-12-43(27(19)22)30(47)51-31(2,3)4)34(36,48)44-13-11-32(17-33(37,38)18-32)16-24(44)21-9-8-20(28(45)50-7)15-23(21)42(5)29(46)35(39,40)41/h8-10,12,14-15,24,48H,11,13,16-18H2,1-7H3. The minimum Gasteiger partial charge on any atom is -0.496 e. The van der Waals surface area contributed by atoms with Crippen LogP contribution in [-0.2, 0) is 19.9 Å². The lowest BCUT2D eigenvalue weighted by molar-refractivity contribution is -0.202. The molecule has 2 fully saturated rings. The highest BCUT2D eigenvalue weighted by molar-refractivity contribution is 6.16. The minimum atomic E-state index is -5.31. The number of hydrogen-bond acceptors (Lipinski definition) is 8. The van der Waals surface area contributed by atoms with E-state index >= 15 is 0 Å². The van der Waals surface area contributed by atoms with Crippen molar-refractivity contribution in [2.75, 3.05) is 32.7 Å². The molecule has 1 aliphatic carbocycles. The van der Waals surface area contributed by atoms with Gasteiger partial charge in [-0.3, -0.25) is 14.3 Å². The summed E-state index contributed by atoms with van der Waals surface area (Å²) in [5.41, 5.74) is -4.01. The summed E-state index contributed by atoms with van der Waals surface area (Å²) in [6, 6.07) is 5.51. The van der Waals surface area contributed by atoms with Crippen LogP contribution in [0.25, 0.3) is 10.9 Å². The predicted molar refractivity (Wildman–Crippen MR) is 177 cm³/mol. The van der Waals surface area contributed by atoms with Crippen molar-refractivity contribution in [1.29, 1.82) is 0 Å². The third kappa shape index (κ3) is 7.04. The van der Waals surface area contributed by atoms with Gasteiger partial charge in [-0.2, -0.15) is 13.2 Å². The molecule has 274 valence electrons. The number of alkyl halides is 5. The maximum Gasteiger partial charge on any atom is 0.471 e. The fourth-order valence-corrected chi connectivity index (χ4v) is 7.50. The van der Waals surface area contributed by atoms with Gasteiger partial charge < -0.3 is 24.2 Å². The van der Waals surface area contributed by atoms with Gasteiger partial charge in [-0.25, -0.2) is 18.4 Å². The summed E-state index contributed by atoms with van der Waals surface area (Å²) in [6.07, 6.45) is -5.56. The number of amides is 1. The molecule has 1 N–H and O–H groups in total. The number of hydrogen-bond donors (Lipinski definition) is 1. The van der Waals surface area contributed by atoms with Crippen LogP contribution in [0.5, 0.6) is 5.75 Å². The first-order valence-electron chi connectivity index (χ1n) is 16.1. The molecule has 51 heavy (non-hydrogen) atoms. The first-order valence-corrected chi connectivity index (χ1v) is 16.1. The second-order valence-corrected chi connectivity index (χ2v) is 14.4. The van der Waals surface area contributed by atoms with Crippen LogP contribution >= 0.6 is 0 Å². The number of likely N-dealkylation sites (tertiary alicyclic amines) is 1. The van der Waals surface area contributed by atoms with E-state index < -0.39 is 65.6 Å². The highest BCUT2D eigenvalue weighted by Gasteiger charge is 2.60. The maximum atomic E-state index is 14.4. The van der Waals surface area contributed by atoms with E-state index in [0.29, 0.717) is 16.0 Å². The summed E-state index contributed by atoms with van der Waals surface area (Å²) in [5, 5.41) is 12.8. The van der Waals surface area contributed by atoms with Crippen molar-refractivity contribution in [3.63, 3.8) is 0 Å². The Kier molecular flexibility index (Phi) is 9.55. The Morgan fingerprint density at radius 1 is 1.06 bits per heavy atom. The topological polar surface area (TPSA) is 111 Å². The van der Waals surface area contributed by atoms with Crippen LogP contribution in [0.4, 0.5) is 32.4 Å². The second-order valence-electron chi connectivity index (χ2n) is 14.4. The van der Waals surface area contributed by atoms with Gasteiger partial charge in [0.05, 0.1) is 25.3 Å². The number of esters is 1. The molecule has 1 saturated carbocycles. The monoisotopic (exact) mass is 719 g/mol. The van der Waals surface area contributed by atoms with Gasteiger partial charge in [0, 0.05) is 55.3 Å². The molecule has 1 amide bonds. The summed E-state index contributed by atoms with van der Waals surface area (Å²) in [7, 11) is 10.2. The molecule has 2 unspecified atom stereocenters. The second kappa shape index (κ2) is 12.8. The number of carbonyl (C=O) groups excluding carboxylic acids is 3. The first kappa shape index (κ1) is 38.1. The predicted octanol–water partition coefficient (Wildman–Crippen LogP) is 6.58. The molecule has 2 aromatic carbocycles. The van der Waals surface area contributed by atoms with Crippen molar-refractivity contribution in [2.24, 2.45) is 5.41 Å². The zero-order valence-corrected chi connectivity index (χ0v) is 29.3. The van der Waals surface area contributed by atoms with Crippen LogP contribution < -0.4 is 9.64 Å². The van der Waals surface area contributed by atoms with Crippen molar-refractivity contribution >= 4 is 42.4 Å². The number of rotatable bonds is 6. The van der Waals surface area contributed by atoms with Gasteiger partial charge >= 0.3 is 24.1 Å². The Morgan fingerprint density at radius 2 is 1.71 bits per heavy atom. The number of aliphatic hydroxyl groups is 1. The van der Waals surface area contributed by atoms with Gasteiger partial charge in [-0.05, 0) is 81.3 Å². The van der Waals surface area contributed by atoms with Crippen LogP contribution in [0.3, 0.4) is 0 Å². The van der Waals surface area contributed by atoms with Crippen molar-refractivity contribution < 1.29 is 55.7 Å². The van der Waals surface area contributed by atoms with Gasteiger partial charge in [0.25, 0.3) is 0 Å². The van der Waals surface area contributed by atoms with E-state index in [-0.39, 0.29) is 52.9 Å². The molecule has 16 heteroatoms. The molecule has 2 heterocycles. The number of aromatic nitrogens is 1. The van der Waals surface area contributed by atoms with Crippen molar-refractivity contribution in [2.45, 2.75) is 82.7 Å². The number of nitrogens with zero attached hydrogens (tertiary/aromatic N) is 3. The number of piperidine rings is 1. The van der Waals surface area contributed by atoms with E-state index in [1.165, 1.54) is 41.0 Å². The number of aryl methyl sites for hydroxylation is 1. The van der Waals surface area contributed by atoms with Gasteiger partial charge in [-0.1, -0.05) is 6.07 Å². The third-order valence-corrected chi connectivity index (χ3v) is 9.61. The molecule has 1 aromatic heterocycles. The summed E-state index contributed by atoms with van der Waals surface area (Å²) < 4.78 is 87.4. The summed E-state index contributed by atoms with van der Waals surface area (Å²) in [4.78, 5) is 40.0. The maximum absolute atomic E-state index is 14.4. The average molecular weight is 720 g/mol. The van der Waals surface area contributed by atoms with Crippen molar-refractivity contribution in [3.05, 3.63) is 58.8 Å². The van der Waals surface area contributed by atoms with Crippen LogP contribution in [0.2, 0.25) is 0 Å². The van der Waals surface area contributed by atoms with Crippen LogP contribution in [0, 0.1) is 12.3 Å². The lowest BCUT2D eigenvalue weighted by atomic mass is 9.58. The molecule has 10 nitrogen and oxygen atoms in total. The van der Waals surface area contributed by atoms with Gasteiger partial charge in [0.2, 0.25) is 5.92 Å². The molecular formula is C35H39BF5N3O7. The smallest absolute Gasteiger partial charge is 0.471 e. The zero-order valence-electron chi connectivity index (χ0n) is 29.3. The van der Waals surface area contributed by atoms with Gasteiger partial charge in [0.1, 0.15) is 24.8 Å². The minimum absolute atomic E-state index is 0.00886. The normalized spacial score (nSPS) is 20.0. The van der Waals surface area contributed by atoms with E-state index in [1.54, 1.807) is 33.8 Å². The largest absolute Gasteiger partial charge is 0.496 e. The molecule has 1 spiro atoms. The Hall–Kier alpha value is -4.18. The number of fused-ring (bicyclic) bond motifs is 1. The molecule has 1 aliphatic heterocycles. The molecule has 2 aliphatic rings. The highest BCUT2D eigenvalue weighted by atomic mass is 19.4. The molecule has 5 rings (SSSR count). The van der Waals surface area contributed by atoms with Crippen molar-refractivity contribution in [1.82, 2.24) is 9.47 Å². The summed E-state index contributed by atoms with van der Waals surface area (Å²) in [5.74, 6) is -6.02. The highest BCUT2D eigenvalue weighted by Crippen LogP contribution is 2.62. The quantitative estimate of drug-likeness (QED) is 0.173. The molecule has 3 aromatic rings. The fourth-order valence-electron chi connectivity index (χ4n) is 7.50. The first-order chi connectivity index (χ1) is 23.4. The number of ether oxygens (including phenoxy) is 3. The number of carbonyl (C=O) groups is 3. The van der Waals surface area contributed by atoms with Crippen LogP contribution in [0.1, 0.15) is 79.5 Å². The number of anilines is 1. The number of benzene rings is 2. The van der Waals surface area contributed by atoms with E-state index in [1.807, 2.05) is 0 Å². The fraction of sp³-hybridized carbons (Fsp3) is 0.514. The third-order valence-electron chi connectivity index (χ3n) is 9.61. The average Bonchev–Trinajstić information content (AvgIpc) is 3.46. The van der Waals surface area contributed by atoms with E-state index in [2.05, 4.69) is 0 Å². The summed E-state index contributed by atoms with van der Waals surface area (Å²) >= 11 is 0. The van der Waals surface area contributed by atoms with Gasteiger partial charge in [-0.15, -0.1) is 0 Å². The van der Waals surface area contributed by atoms with Gasteiger partial charge in [0.15, 0.2) is 0 Å². The van der Waals surface area contributed by atoms with E-state index in [4.69, 9.17) is 22.1 Å². The Morgan fingerprint density at radius 3 is 2.25 bits per heavy atom. The van der Waals surface area contributed by atoms with Crippen LogP contribution in [-0.4, -0.2) is 85.9 Å². The zero-order chi connectivity index (χ0) is 38.1. The van der Waals surface area contributed by atoms with E-state index in [0.717, 1.165) is 20.2 Å². The SMILES string of the molecule is [B]C(O)(c1c(OC)cc(C)c2c1ccn2C(=O)OC(C)(C)C)N1CCC2(CC1c1ccc(C(=O)OC)cc1N(C)C(=O)C(F)(F)F)CC(F)(F)C2. The number of halogens is 5. The number of methoxy groups -OCH3 is 2. The van der Waals surface area contributed by atoms with Crippen LogP contribution in [0.15, 0.2) is 36.5 Å². The molecule has 2 atom stereocenters. The lowest BCUT2D eigenvalue weighted by Gasteiger charge is -2.57. The van der Waals surface area contributed by atoms with Crippen molar-refractivity contribution in [3.8, 4) is 5.75 Å². The Bertz CT molecular complexity index is 1880. The van der Waals surface area contributed by atoms with E-state index in [9.17, 15) is 41.4 Å². The lowest BCUT2D eigenvalue weighted by Crippen LogP contribution is -2.58. The summed E-state index contributed by atoms with van der Waals surface area (Å²) in [6.45, 7) is 6.68. The molecule has 0 bridgehead atoms. The molecule has 2 radical (unpaired) electrons. The molecule has 1 saturated heterocycles.